The van der Waals surface area contributed by atoms with Crippen molar-refractivity contribution in [1.29, 1.82) is 0 Å². The van der Waals surface area contributed by atoms with Gasteiger partial charge in [0, 0.05) is 16.6 Å². The van der Waals surface area contributed by atoms with Gasteiger partial charge >= 0.3 is 12.1 Å². The van der Waals surface area contributed by atoms with Gasteiger partial charge in [-0.15, -0.1) is 0 Å². The first-order valence-corrected chi connectivity index (χ1v) is 11.8. The molecule has 5 rings (SSSR count). The van der Waals surface area contributed by atoms with Gasteiger partial charge in [0.15, 0.2) is 0 Å². The van der Waals surface area contributed by atoms with Crippen LogP contribution in [0.4, 0.5) is 23.2 Å². The third-order valence-corrected chi connectivity index (χ3v) is 7.83. The average Bonchev–Trinajstić information content (AvgIpc) is 2.71. The van der Waals surface area contributed by atoms with Crippen molar-refractivity contribution in [2.75, 3.05) is 5.32 Å². The number of aliphatic carboxylic acids is 1. The molecule has 3 aliphatic rings. The molecule has 2 N–H and O–H groups in total. The summed E-state index contributed by atoms with van der Waals surface area (Å²) in [5.41, 5.74) is 0.0830. The van der Waals surface area contributed by atoms with Crippen molar-refractivity contribution in [3.8, 4) is 0 Å². The Kier molecular flexibility index (Phi) is 6.41. The molecule has 2 aromatic rings. The number of hydrogen-bond donors (Lipinski definition) is 2. The molecule has 2 aromatic carbocycles. The molecule has 0 heterocycles. The second kappa shape index (κ2) is 8.80. The molecular weight excluding hydrogens is 486 g/mol. The number of halogens is 5. The number of anilines is 1. The predicted molar refractivity (Wildman–Crippen MR) is 124 cm³/mol. The number of amides is 1. The standard InChI is InChI=1S/C26H26ClF4NO3/c1-14-3-4-17(19(10-21(33)34)24-11-25(28,12-24)13-24)9-20(14)32-23(35)22(15(2)26(29,30)31)16-5-7-18(27)8-6-16/h3-9,15,19,22H,10-13H2,1-2H3,(H,32,35)(H,33,34)/t15-,19-,22+,24?,25?/m1/s1. The van der Waals surface area contributed by atoms with Gasteiger partial charge in [-0.25, -0.2) is 4.39 Å². The Morgan fingerprint density at radius 2 is 1.66 bits per heavy atom. The Morgan fingerprint density at radius 1 is 1.09 bits per heavy atom. The van der Waals surface area contributed by atoms with Gasteiger partial charge in [0.2, 0.25) is 5.91 Å². The fourth-order valence-corrected chi connectivity index (χ4v) is 5.82. The second-order valence-corrected chi connectivity index (χ2v) is 10.6. The number of carboxylic acid groups (broad SMARTS) is 1. The first kappa shape index (κ1) is 25.5. The van der Waals surface area contributed by atoms with Gasteiger partial charge in [0.25, 0.3) is 0 Å². The van der Waals surface area contributed by atoms with Gasteiger partial charge in [-0.1, -0.05) is 42.8 Å². The maximum Gasteiger partial charge on any atom is 0.392 e. The summed E-state index contributed by atoms with van der Waals surface area (Å²) in [5.74, 6) is -5.78. The highest BCUT2D eigenvalue weighted by molar-refractivity contribution is 6.30. The highest BCUT2D eigenvalue weighted by atomic mass is 35.5. The number of carboxylic acids is 1. The van der Waals surface area contributed by atoms with E-state index in [1.165, 1.54) is 24.3 Å². The summed E-state index contributed by atoms with van der Waals surface area (Å²) in [6.45, 7) is 2.66. The van der Waals surface area contributed by atoms with Crippen LogP contribution < -0.4 is 5.32 Å². The van der Waals surface area contributed by atoms with Gasteiger partial charge in [-0.3, -0.25) is 9.59 Å². The van der Waals surface area contributed by atoms with Crippen LogP contribution in [0, 0.1) is 18.3 Å². The molecule has 9 heteroatoms. The van der Waals surface area contributed by atoms with E-state index in [0.29, 0.717) is 41.1 Å². The van der Waals surface area contributed by atoms with Crippen LogP contribution in [0.3, 0.4) is 0 Å². The Labute approximate surface area is 205 Å². The smallest absolute Gasteiger partial charge is 0.392 e. The summed E-state index contributed by atoms with van der Waals surface area (Å²) < 4.78 is 55.1. The largest absolute Gasteiger partial charge is 0.481 e. The Morgan fingerprint density at radius 3 is 2.17 bits per heavy atom. The van der Waals surface area contributed by atoms with Crippen LogP contribution in [0.25, 0.3) is 0 Å². The molecule has 3 fully saturated rings. The molecule has 0 spiro atoms. The van der Waals surface area contributed by atoms with Crippen LogP contribution in [0.2, 0.25) is 5.02 Å². The van der Waals surface area contributed by atoms with E-state index in [1.54, 1.807) is 25.1 Å². The fourth-order valence-electron chi connectivity index (χ4n) is 5.70. The SMILES string of the molecule is Cc1ccc([C@@H](CC(=O)O)C23CC(F)(C2)C3)cc1NC(=O)[C@H](c1ccc(Cl)cc1)[C@@H](C)C(F)(F)F. The van der Waals surface area contributed by atoms with Crippen LogP contribution >= 0.6 is 11.6 Å². The minimum absolute atomic E-state index is 0.177. The zero-order chi connectivity index (χ0) is 25.8. The molecule has 0 aromatic heterocycles. The Bertz CT molecular complexity index is 1130. The van der Waals surface area contributed by atoms with E-state index in [0.717, 1.165) is 6.92 Å². The first-order chi connectivity index (χ1) is 16.2. The molecule has 35 heavy (non-hydrogen) atoms. The molecule has 0 unspecified atom stereocenters. The average molecular weight is 512 g/mol. The van der Waals surface area contributed by atoms with Crippen LogP contribution in [-0.2, 0) is 9.59 Å². The van der Waals surface area contributed by atoms with E-state index < -0.39 is 46.9 Å². The van der Waals surface area contributed by atoms with Crippen LogP contribution in [0.15, 0.2) is 42.5 Å². The van der Waals surface area contributed by atoms with E-state index in [-0.39, 0.29) is 12.0 Å². The predicted octanol–water partition coefficient (Wildman–Crippen LogP) is 7.02. The lowest BCUT2D eigenvalue weighted by atomic mass is 9.37. The summed E-state index contributed by atoms with van der Waals surface area (Å²) in [5, 5.41) is 12.4. The Hall–Kier alpha value is -2.61. The molecule has 188 valence electrons. The number of nitrogens with one attached hydrogen (secondary N) is 1. The molecule has 0 aliphatic heterocycles. The number of alkyl halides is 4. The molecule has 2 bridgehead atoms. The summed E-state index contributed by atoms with van der Waals surface area (Å²) in [4.78, 5) is 24.8. The molecule has 4 nitrogen and oxygen atoms in total. The maximum absolute atomic E-state index is 14.2. The van der Waals surface area contributed by atoms with E-state index in [1.807, 2.05) is 0 Å². The molecule has 0 radical (unpaired) electrons. The minimum Gasteiger partial charge on any atom is -0.481 e. The number of benzene rings is 2. The molecule has 3 aliphatic carbocycles. The van der Waals surface area contributed by atoms with E-state index in [4.69, 9.17) is 11.6 Å². The lowest BCUT2D eigenvalue weighted by molar-refractivity contribution is -0.228. The highest BCUT2D eigenvalue weighted by Gasteiger charge is 2.71. The minimum atomic E-state index is -4.61. The fraction of sp³-hybridized carbons (Fsp3) is 0.462. The van der Waals surface area contributed by atoms with Crippen molar-refractivity contribution >= 4 is 29.2 Å². The van der Waals surface area contributed by atoms with Crippen molar-refractivity contribution < 1.29 is 32.3 Å². The van der Waals surface area contributed by atoms with Crippen molar-refractivity contribution in [3.05, 3.63) is 64.2 Å². The van der Waals surface area contributed by atoms with Crippen LogP contribution in [0.1, 0.15) is 61.1 Å². The van der Waals surface area contributed by atoms with E-state index >= 15 is 0 Å². The molecule has 3 atom stereocenters. The van der Waals surface area contributed by atoms with E-state index in [2.05, 4.69) is 5.32 Å². The van der Waals surface area contributed by atoms with Gasteiger partial charge in [0.05, 0.1) is 18.3 Å². The highest BCUT2D eigenvalue weighted by Crippen LogP contribution is 2.75. The van der Waals surface area contributed by atoms with Crippen molar-refractivity contribution in [2.45, 2.75) is 63.2 Å². The summed E-state index contributed by atoms with van der Waals surface area (Å²) in [6.07, 6.45) is -3.90. The lowest BCUT2D eigenvalue weighted by Crippen LogP contribution is -2.66. The summed E-state index contributed by atoms with van der Waals surface area (Å²) in [6, 6.07) is 10.7. The quantitative estimate of drug-likeness (QED) is 0.374. The number of carbonyl (C=O) groups excluding carboxylic acids is 1. The van der Waals surface area contributed by atoms with Crippen LogP contribution in [0.5, 0.6) is 0 Å². The van der Waals surface area contributed by atoms with Crippen molar-refractivity contribution in [2.24, 2.45) is 11.3 Å². The first-order valence-electron chi connectivity index (χ1n) is 11.4. The normalized spacial score (nSPS) is 25.6. The van der Waals surface area contributed by atoms with Gasteiger partial charge in [0.1, 0.15) is 5.67 Å². The Balaban J connectivity index is 1.64. The molecule has 0 saturated heterocycles. The maximum atomic E-state index is 14.2. The molecule has 3 saturated carbocycles. The monoisotopic (exact) mass is 511 g/mol. The summed E-state index contributed by atoms with van der Waals surface area (Å²) >= 11 is 5.88. The van der Waals surface area contributed by atoms with Crippen LogP contribution in [-0.4, -0.2) is 28.8 Å². The number of hydrogen-bond acceptors (Lipinski definition) is 2. The van der Waals surface area contributed by atoms with Gasteiger partial charge in [-0.05, 0) is 66.5 Å². The van der Waals surface area contributed by atoms with Gasteiger partial charge in [-0.2, -0.15) is 13.2 Å². The van der Waals surface area contributed by atoms with Crippen molar-refractivity contribution in [1.82, 2.24) is 0 Å². The lowest BCUT2D eigenvalue weighted by Gasteiger charge is -2.69. The summed E-state index contributed by atoms with van der Waals surface area (Å²) in [7, 11) is 0. The molecule has 1 amide bonds. The number of aryl methyl sites for hydroxylation is 1. The molecular formula is C26H26ClF4NO3. The zero-order valence-corrected chi connectivity index (χ0v) is 20.0. The zero-order valence-electron chi connectivity index (χ0n) is 19.3. The van der Waals surface area contributed by atoms with Gasteiger partial charge < -0.3 is 10.4 Å². The third-order valence-electron chi connectivity index (χ3n) is 7.57. The topological polar surface area (TPSA) is 66.4 Å². The second-order valence-electron chi connectivity index (χ2n) is 10.1. The number of carbonyl (C=O) groups is 2. The van der Waals surface area contributed by atoms with Crippen molar-refractivity contribution in [3.63, 3.8) is 0 Å². The number of rotatable bonds is 8. The van der Waals surface area contributed by atoms with E-state index in [9.17, 15) is 32.3 Å². The third kappa shape index (κ3) is 4.90.